The molecule has 2 N–H and O–H groups in total. The van der Waals surface area contributed by atoms with E-state index in [9.17, 15) is 10.1 Å². The molecule has 0 spiro atoms. The highest BCUT2D eigenvalue weighted by atomic mass is 32.2. The van der Waals surface area contributed by atoms with Crippen LogP contribution in [0.15, 0.2) is 6.33 Å². The van der Waals surface area contributed by atoms with Crippen molar-refractivity contribution in [2.24, 2.45) is 0 Å². The molecule has 0 aliphatic carbocycles. The molecule has 7 nitrogen and oxygen atoms in total. The van der Waals surface area contributed by atoms with Crippen LogP contribution < -0.4 is 10.6 Å². The van der Waals surface area contributed by atoms with Crippen molar-refractivity contribution in [2.75, 3.05) is 29.5 Å². The number of thioether (sulfide) groups is 1. The maximum Gasteiger partial charge on any atom is 0.353 e. The Morgan fingerprint density at radius 2 is 2.21 bits per heavy atom. The number of nitrogens with zero attached hydrogens (tertiary/aromatic N) is 3. The summed E-state index contributed by atoms with van der Waals surface area (Å²) in [5.74, 6) is 1.73. The van der Waals surface area contributed by atoms with Crippen LogP contribution in [0.1, 0.15) is 19.8 Å². The number of hydrogen-bond acceptors (Lipinski definition) is 7. The Hall–Kier alpha value is -1.57. The molecule has 1 aliphatic rings. The molecule has 0 aromatic carbocycles. The van der Waals surface area contributed by atoms with Gasteiger partial charge >= 0.3 is 5.69 Å². The molecule has 1 aromatic heterocycles. The first-order valence-electron chi connectivity index (χ1n) is 6.31. The van der Waals surface area contributed by atoms with Gasteiger partial charge in [-0.3, -0.25) is 10.1 Å². The molecule has 1 atom stereocenters. The van der Waals surface area contributed by atoms with Crippen molar-refractivity contribution in [3.05, 3.63) is 16.4 Å². The van der Waals surface area contributed by atoms with Gasteiger partial charge in [0.25, 0.3) is 0 Å². The zero-order valence-electron chi connectivity index (χ0n) is 10.8. The van der Waals surface area contributed by atoms with E-state index in [0.717, 1.165) is 6.42 Å². The molecule has 1 saturated heterocycles. The fourth-order valence-corrected chi connectivity index (χ4v) is 3.19. The van der Waals surface area contributed by atoms with E-state index in [-0.39, 0.29) is 11.5 Å². The van der Waals surface area contributed by atoms with Crippen LogP contribution in [0.2, 0.25) is 0 Å². The minimum absolute atomic E-state index is 0.0765. The van der Waals surface area contributed by atoms with Crippen LogP contribution in [0.5, 0.6) is 0 Å². The van der Waals surface area contributed by atoms with E-state index in [0.29, 0.717) is 24.2 Å². The van der Waals surface area contributed by atoms with Gasteiger partial charge in [0.15, 0.2) is 0 Å². The number of hydrogen-bond donors (Lipinski definition) is 2. The second-order valence-corrected chi connectivity index (χ2v) is 5.63. The van der Waals surface area contributed by atoms with Gasteiger partial charge in [-0.05, 0) is 25.5 Å². The van der Waals surface area contributed by atoms with E-state index in [1.807, 2.05) is 18.7 Å². The molecule has 0 radical (unpaired) electrons. The highest BCUT2D eigenvalue weighted by Gasteiger charge is 2.23. The summed E-state index contributed by atoms with van der Waals surface area (Å²) in [5.41, 5.74) is -0.0765. The van der Waals surface area contributed by atoms with Gasteiger partial charge in [-0.25, -0.2) is 9.97 Å². The van der Waals surface area contributed by atoms with Crippen LogP contribution >= 0.6 is 11.8 Å². The fraction of sp³-hybridized carbons (Fsp3) is 0.636. The van der Waals surface area contributed by atoms with Gasteiger partial charge in [0.1, 0.15) is 6.33 Å². The van der Waals surface area contributed by atoms with Gasteiger partial charge in [-0.2, -0.15) is 11.8 Å². The van der Waals surface area contributed by atoms with E-state index >= 15 is 0 Å². The van der Waals surface area contributed by atoms with Crippen LogP contribution in [-0.4, -0.2) is 39.0 Å². The molecular weight excluding hydrogens is 266 g/mol. The zero-order valence-corrected chi connectivity index (χ0v) is 11.6. The van der Waals surface area contributed by atoms with Crippen molar-refractivity contribution in [2.45, 2.75) is 25.0 Å². The Morgan fingerprint density at radius 3 is 2.79 bits per heavy atom. The summed E-state index contributed by atoms with van der Waals surface area (Å²) in [5, 5.41) is 17.6. The second-order valence-electron chi connectivity index (χ2n) is 4.22. The molecule has 19 heavy (non-hydrogen) atoms. The molecule has 0 saturated carbocycles. The Labute approximate surface area is 115 Å². The largest absolute Gasteiger partial charge is 0.364 e. The molecule has 0 bridgehead atoms. The molecule has 2 rings (SSSR count). The average Bonchev–Trinajstić information content (AvgIpc) is 2.89. The van der Waals surface area contributed by atoms with E-state index < -0.39 is 4.92 Å². The lowest BCUT2D eigenvalue weighted by molar-refractivity contribution is -0.383. The number of rotatable bonds is 6. The van der Waals surface area contributed by atoms with Gasteiger partial charge in [-0.1, -0.05) is 0 Å². The predicted molar refractivity (Wildman–Crippen MR) is 76.8 cm³/mol. The van der Waals surface area contributed by atoms with Crippen molar-refractivity contribution in [1.82, 2.24) is 9.97 Å². The molecule has 0 amide bonds. The number of nitrogens with one attached hydrogen (secondary N) is 2. The van der Waals surface area contributed by atoms with Crippen LogP contribution in [-0.2, 0) is 0 Å². The van der Waals surface area contributed by atoms with Gasteiger partial charge in [0.05, 0.1) is 4.92 Å². The number of nitro groups is 1. The summed E-state index contributed by atoms with van der Waals surface area (Å²) in [6.07, 6.45) is 3.71. The minimum Gasteiger partial charge on any atom is -0.364 e. The van der Waals surface area contributed by atoms with Crippen molar-refractivity contribution in [1.29, 1.82) is 0 Å². The monoisotopic (exact) mass is 283 g/mol. The number of anilines is 2. The lowest BCUT2D eigenvalue weighted by Gasteiger charge is -2.12. The third-order valence-electron chi connectivity index (χ3n) is 2.87. The second kappa shape index (κ2) is 6.55. The van der Waals surface area contributed by atoms with Crippen molar-refractivity contribution < 1.29 is 4.92 Å². The Balaban J connectivity index is 2.13. The highest BCUT2D eigenvalue weighted by Crippen LogP contribution is 2.30. The molecule has 1 aliphatic heterocycles. The van der Waals surface area contributed by atoms with Crippen LogP contribution in [0.3, 0.4) is 0 Å². The molecule has 2 heterocycles. The summed E-state index contributed by atoms with van der Waals surface area (Å²) in [6.45, 7) is 3.15. The van der Waals surface area contributed by atoms with Gasteiger partial charge in [0, 0.05) is 18.3 Å². The van der Waals surface area contributed by atoms with E-state index in [1.54, 1.807) is 0 Å². The Bertz CT molecular complexity index is 451. The molecule has 1 fully saturated rings. The predicted octanol–water partition coefficient (Wildman–Crippen LogP) is 2.12. The first kappa shape index (κ1) is 13.9. The summed E-state index contributed by atoms with van der Waals surface area (Å²) in [7, 11) is 0. The highest BCUT2D eigenvalue weighted by molar-refractivity contribution is 8.00. The van der Waals surface area contributed by atoms with Crippen molar-refractivity contribution >= 4 is 29.1 Å². The molecule has 1 unspecified atom stereocenters. The average molecular weight is 283 g/mol. The van der Waals surface area contributed by atoms with Crippen molar-refractivity contribution in [3.63, 3.8) is 0 Å². The summed E-state index contributed by atoms with van der Waals surface area (Å²) >= 11 is 1.90. The standard InChI is InChI=1S/C11H17N5O2S/c1-2-12-10-9(16(17)18)11(15-7-14-10)13-6-8-4-3-5-19-8/h7-8H,2-6H2,1H3,(H2,12,13,14,15). The van der Waals surface area contributed by atoms with Crippen molar-refractivity contribution in [3.8, 4) is 0 Å². The first-order valence-corrected chi connectivity index (χ1v) is 7.36. The topological polar surface area (TPSA) is 93.0 Å². The van der Waals surface area contributed by atoms with Gasteiger partial charge in [0.2, 0.25) is 11.6 Å². The van der Waals surface area contributed by atoms with Gasteiger partial charge < -0.3 is 10.6 Å². The molecular formula is C11H17N5O2S. The smallest absolute Gasteiger partial charge is 0.353 e. The minimum atomic E-state index is -0.442. The lowest BCUT2D eigenvalue weighted by Crippen LogP contribution is -2.16. The summed E-state index contributed by atoms with van der Waals surface area (Å²) < 4.78 is 0. The van der Waals surface area contributed by atoms with Crippen LogP contribution in [0, 0.1) is 10.1 Å². The van der Waals surface area contributed by atoms with Crippen LogP contribution in [0.25, 0.3) is 0 Å². The third kappa shape index (κ3) is 3.46. The molecule has 8 heteroatoms. The summed E-state index contributed by atoms with van der Waals surface area (Å²) in [4.78, 5) is 18.6. The lowest BCUT2D eigenvalue weighted by atomic mass is 10.2. The first-order chi connectivity index (χ1) is 9.22. The van der Waals surface area contributed by atoms with Crippen LogP contribution in [0.4, 0.5) is 17.3 Å². The Kier molecular flexibility index (Phi) is 4.78. The fourth-order valence-electron chi connectivity index (χ4n) is 1.99. The Morgan fingerprint density at radius 1 is 1.47 bits per heavy atom. The molecule has 104 valence electrons. The molecule has 1 aromatic rings. The zero-order chi connectivity index (χ0) is 13.7. The maximum absolute atomic E-state index is 11.2. The normalized spacial score (nSPS) is 18.3. The van der Waals surface area contributed by atoms with E-state index in [4.69, 9.17) is 0 Å². The van der Waals surface area contributed by atoms with E-state index in [1.165, 1.54) is 18.5 Å². The van der Waals surface area contributed by atoms with E-state index in [2.05, 4.69) is 20.6 Å². The quantitative estimate of drug-likeness (QED) is 0.610. The number of aromatic nitrogens is 2. The SMILES string of the molecule is CCNc1ncnc(NCC2CCCS2)c1[N+](=O)[O-]. The third-order valence-corrected chi connectivity index (χ3v) is 4.27. The maximum atomic E-state index is 11.2. The van der Waals surface area contributed by atoms with Gasteiger partial charge in [-0.15, -0.1) is 0 Å². The summed E-state index contributed by atoms with van der Waals surface area (Å²) in [6, 6.07) is 0.